The van der Waals surface area contributed by atoms with Crippen molar-refractivity contribution in [2.24, 2.45) is 5.41 Å². The Labute approximate surface area is 101 Å². The monoisotopic (exact) mass is 231 g/mol. The molecule has 0 saturated heterocycles. The molecule has 0 aliphatic heterocycles. The second-order valence-electron chi connectivity index (χ2n) is 5.14. The Hall–Kier alpha value is -0.570. The summed E-state index contributed by atoms with van der Waals surface area (Å²) < 4.78 is 1.28. The topological polar surface area (TPSA) is 40.1 Å². The number of carbonyl (C=O) groups excluding carboxylic acids is 1. The molecule has 98 valence electrons. The molecule has 0 aliphatic rings. The molecule has 0 aliphatic carbocycles. The zero-order valence-corrected chi connectivity index (χ0v) is 12.1. The molecule has 0 rings (SSSR count). The Morgan fingerprint density at radius 2 is 1.12 bits per heavy atom. The van der Waals surface area contributed by atoms with Gasteiger partial charge in [0.05, 0.1) is 26.2 Å². The molecule has 0 fully saturated rings. The SMILES string of the molecule is CC(C)(C)C(=O)[O-].CC[N+](CC)(CC)CC. The van der Waals surface area contributed by atoms with E-state index in [4.69, 9.17) is 0 Å². The molecule has 3 nitrogen and oxygen atoms in total. The van der Waals surface area contributed by atoms with Gasteiger partial charge in [-0.25, -0.2) is 0 Å². The van der Waals surface area contributed by atoms with Gasteiger partial charge >= 0.3 is 0 Å². The quantitative estimate of drug-likeness (QED) is 0.690. The van der Waals surface area contributed by atoms with Gasteiger partial charge in [-0.15, -0.1) is 0 Å². The molecule has 0 heterocycles. The van der Waals surface area contributed by atoms with E-state index < -0.39 is 11.4 Å². The van der Waals surface area contributed by atoms with Crippen LogP contribution in [0.25, 0.3) is 0 Å². The number of carboxylic acid groups (broad SMARTS) is 1. The number of quaternary nitrogens is 1. The first-order chi connectivity index (χ1) is 7.19. The number of hydrogen-bond donors (Lipinski definition) is 0. The number of aliphatic carboxylic acids is 1. The highest BCUT2D eigenvalue weighted by molar-refractivity contribution is 5.70. The average molecular weight is 231 g/mol. The predicted octanol–water partition coefficient (Wildman–Crippen LogP) is 1.67. The largest absolute Gasteiger partial charge is 0.550 e. The van der Waals surface area contributed by atoms with Gasteiger partial charge in [0.15, 0.2) is 0 Å². The van der Waals surface area contributed by atoms with Gasteiger partial charge in [0.1, 0.15) is 0 Å². The van der Waals surface area contributed by atoms with E-state index in [9.17, 15) is 9.90 Å². The Balaban J connectivity index is 0. The zero-order chi connectivity index (χ0) is 13.4. The lowest BCUT2D eigenvalue weighted by Crippen LogP contribution is -2.47. The number of rotatable bonds is 4. The van der Waals surface area contributed by atoms with E-state index in [1.54, 1.807) is 20.8 Å². The van der Waals surface area contributed by atoms with Gasteiger partial charge < -0.3 is 14.4 Å². The summed E-state index contributed by atoms with van der Waals surface area (Å²) in [4.78, 5) is 9.91. The van der Waals surface area contributed by atoms with Crippen molar-refractivity contribution in [3.63, 3.8) is 0 Å². The molecule has 0 aromatic rings. The minimum Gasteiger partial charge on any atom is -0.550 e. The molecule has 0 bridgehead atoms. The molecule has 3 heteroatoms. The molecule has 0 amide bonds. The fourth-order valence-electron chi connectivity index (χ4n) is 1.34. The minimum atomic E-state index is -1.01. The molecular formula is C13H29NO2. The van der Waals surface area contributed by atoms with E-state index >= 15 is 0 Å². The number of carbonyl (C=O) groups is 1. The fourth-order valence-corrected chi connectivity index (χ4v) is 1.34. The third-order valence-corrected chi connectivity index (χ3v) is 3.30. The van der Waals surface area contributed by atoms with Crippen molar-refractivity contribution in [3.8, 4) is 0 Å². The van der Waals surface area contributed by atoms with Crippen molar-refractivity contribution in [1.82, 2.24) is 0 Å². The Morgan fingerprint density at radius 1 is 0.938 bits per heavy atom. The Bertz CT molecular complexity index is 173. The lowest BCUT2D eigenvalue weighted by molar-refractivity contribution is -0.921. The van der Waals surface area contributed by atoms with Gasteiger partial charge in [-0.05, 0) is 27.7 Å². The van der Waals surface area contributed by atoms with Crippen LogP contribution in [0.1, 0.15) is 48.5 Å². The summed E-state index contributed by atoms with van der Waals surface area (Å²) in [6.45, 7) is 19.0. The van der Waals surface area contributed by atoms with Gasteiger partial charge in [-0.3, -0.25) is 0 Å². The summed E-state index contributed by atoms with van der Waals surface area (Å²) >= 11 is 0. The summed E-state index contributed by atoms with van der Waals surface area (Å²) in [5, 5.41) is 9.91. The number of hydrogen-bond acceptors (Lipinski definition) is 2. The van der Waals surface area contributed by atoms with Gasteiger partial charge in [-0.1, -0.05) is 20.8 Å². The lowest BCUT2D eigenvalue weighted by Gasteiger charge is -2.34. The van der Waals surface area contributed by atoms with E-state index in [1.165, 1.54) is 30.7 Å². The maximum Gasteiger partial charge on any atom is 0.0757 e. The third kappa shape index (κ3) is 6.83. The van der Waals surface area contributed by atoms with Crippen LogP contribution in [0.3, 0.4) is 0 Å². The van der Waals surface area contributed by atoms with Crippen LogP contribution in [0, 0.1) is 5.41 Å². The molecule has 0 unspecified atom stereocenters. The van der Waals surface area contributed by atoms with Crippen molar-refractivity contribution in [2.45, 2.75) is 48.5 Å². The van der Waals surface area contributed by atoms with E-state index in [0.29, 0.717) is 0 Å². The summed E-state index contributed by atoms with van der Waals surface area (Å²) in [6, 6.07) is 0. The van der Waals surface area contributed by atoms with Crippen molar-refractivity contribution in [2.75, 3.05) is 26.2 Å². The fraction of sp³-hybridized carbons (Fsp3) is 0.923. The van der Waals surface area contributed by atoms with E-state index in [-0.39, 0.29) is 0 Å². The zero-order valence-electron chi connectivity index (χ0n) is 12.1. The van der Waals surface area contributed by atoms with Crippen LogP contribution < -0.4 is 5.11 Å². The van der Waals surface area contributed by atoms with Crippen LogP contribution in [-0.2, 0) is 4.79 Å². The number of nitrogens with zero attached hydrogens (tertiary/aromatic N) is 1. The molecule has 0 aromatic heterocycles. The highest BCUT2D eigenvalue weighted by Crippen LogP contribution is 2.09. The van der Waals surface area contributed by atoms with Gasteiger partial charge in [0.25, 0.3) is 0 Å². The summed E-state index contributed by atoms with van der Waals surface area (Å²) in [5.74, 6) is -1.01. The van der Waals surface area contributed by atoms with E-state index in [2.05, 4.69) is 27.7 Å². The molecule has 0 atom stereocenters. The number of carboxylic acids is 1. The first-order valence-electron chi connectivity index (χ1n) is 6.25. The van der Waals surface area contributed by atoms with Crippen molar-refractivity contribution in [3.05, 3.63) is 0 Å². The van der Waals surface area contributed by atoms with Gasteiger partial charge in [0.2, 0.25) is 0 Å². The Morgan fingerprint density at radius 3 is 1.12 bits per heavy atom. The molecular weight excluding hydrogens is 202 g/mol. The van der Waals surface area contributed by atoms with Crippen molar-refractivity contribution in [1.29, 1.82) is 0 Å². The van der Waals surface area contributed by atoms with E-state index in [0.717, 1.165) is 0 Å². The van der Waals surface area contributed by atoms with Gasteiger partial charge in [-0.2, -0.15) is 0 Å². The first-order valence-corrected chi connectivity index (χ1v) is 6.25. The summed E-state index contributed by atoms with van der Waals surface area (Å²) in [7, 11) is 0. The van der Waals surface area contributed by atoms with Crippen LogP contribution in [0.2, 0.25) is 0 Å². The molecule has 16 heavy (non-hydrogen) atoms. The molecule has 0 aromatic carbocycles. The maximum atomic E-state index is 9.91. The molecule has 0 radical (unpaired) electrons. The van der Waals surface area contributed by atoms with Crippen LogP contribution >= 0.6 is 0 Å². The standard InChI is InChI=1S/C8H20N.C5H10O2/c1-5-9(6-2,7-3)8-4;1-5(2,3)4(6)7/h5-8H2,1-4H3;1-3H3,(H,6,7)/q+1;/p-1. The first kappa shape index (κ1) is 17.8. The van der Waals surface area contributed by atoms with Crippen molar-refractivity contribution < 1.29 is 14.4 Å². The highest BCUT2D eigenvalue weighted by atomic mass is 16.4. The molecule has 0 spiro atoms. The van der Waals surface area contributed by atoms with Crippen molar-refractivity contribution >= 4 is 5.97 Å². The predicted molar refractivity (Wildman–Crippen MR) is 66.9 cm³/mol. The van der Waals surface area contributed by atoms with E-state index in [1.807, 2.05) is 0 Å². The second-order valence-corrected chi connectivity index (χ2v) is 5.14. The average Bonchev–Trinajstić information content (AvgIpc) is 2.21. The highest BCUT2D eigenvalue weighted by Gasteiger charge is 2.16. The van der Waals surface area contributed by atoms with Crippen LogP contribution in [0.5, 0.6) is 0 Å². The summed E-state index contributed by atoms with van der Waals surface area (Å²) in [5.41, 5.74) is -0.694. The summed E-state index contributed by atoms with van der Waals surface area (Å²) in [6.07, 6.45) is 0. The Kier molecular flexibility index (Phi) is 8.53. The third-order valence-electron chi connectivity index (χ3n) is 3.30. The van der Waals surface area contributed by atoms with Crippen LogP contribution in [0.4, 0.5) is 0 Å². The van der Waals surface area contributed by atoms with Crippen LogP contribution in [-0.4, -0.2) is 36.6 Å². The van der Waals surface area contributed by atoms with Gasteiger partial charge in [0, 0.05) is 11.4 Å². The van der Waals surface area contributed by atoms with Crippen LogP contribution in [0.15, 0.2) is 0 Å². The normalized spacial score (nSPS) is 11.7. The maximum absolute atomic E-state index is 9.91. The minimum absolute atomic E-state index is 0.694. The molecule has 0 saturated carbocycles. The lowest BCUT2D eigenvalue weighted by atomic mass is 9.98. The molecule has 0 N–H and O–H groups in total. The second kappa shape index (κ2) is 7.66. The smallest absolute Gasteiger partial charge is 0.0757 e.